The maximum absolute atomic E-state index is 12.8. The minimum atomic E-state index is -0.360. The van der Waals surface area contributed by atoms with Gasteiger partial charge in [0.15, 0.2) is 11.5 Å². The van der Waals surface area contributed by atoms with Gasteiger partial charge < -0.3 is 14.2 Å². The van der Waals surface area contributed by atoms with Crippen molar-refractivity contribution < 1.29 is 23.8 Å². The third kappa shape index (κ3) is 4.11. The van der Waals surface area contributed by atoms with Gasteiger partial charge in [-0.2, -0.15) is 0 Å². The number of carbonyl (C=O) groups excluding carboxylic acids is 2. The number of ether oxygens (including phenoxy) is 3. The lowest BCUT2D eigenvalue weighted by atomic mass is 10.1. The Morgan fingerprint density at radius 2 is 1.90 bits per heavy atom. The van der Waals surface area contributed by atoms with Crippen LogP contribution in [-0.2, 0) is 11.3 Å². The van der Waals surface area contributed by atoms with E-state index >= 15 is 0 Å². The Morgan fingerprint density at radius 1 is 1.17 bits per heavy atom. The second-order valence-electron chi connectivity index (χ2n) is 6.23. The molecule has 2 aromatic rings. The first-order chi connectivity index (χ1) is 14.0. The first kappa shape index (κ1) is 19.4. The van der Waals surface area contributed by atoms with E-state index in [0.29, 0.717) is 39.3 Å². The van der Waals surface area contributed by atoms with Gasteiger partial charge in [-0.05, 0) is 47.2 Å². The molecule has 8 heteroatoms. The predicted molar refractivity (Wildman–Crippen MR) is 111 cm³/mol. The molecule has 1 fully saturated rings. The number of hydrogen-bond acceptors (Lipinski definition) is 6. The summed E-state index contributed by atoms with van der Waals surface area (Å²) in [7, 11) is 0. The van der Waals surface area contributed by atoms with Crippen LogP contribution in [-0.4, -0.2) is 29.4 Å². The Balaban J connectivity index is 1.50. The molecule has 2 heterocycles. The quantitative estimate of drug-likeness (QED) is 0.482. The molecule has 0 aliphatic carbocycles. The molecule has 148 valence electrons. The van der Waals surface area contributed by atoms with Gasteiger partial charge in [-0.25, -0.2) is 0 Å². The molecule has 0 saturated carbocycles. The van der Waals surface area contributed by atoms with Crippen LogP contribution in [0.5, 0.6) is 17.2 Å². The summed E-state index contributed by atoms with van der Waals surface area (Å²) in [5, 5.41) is 0.0633. The highest BCUT2D eigenvalue weighted by Gasteiger charge is 2.35. The van der Waals surface area contributed by atoms with Crippen LogP contribution < -0.4 is 14.2 Å². The molecule has 0 atom stereocenters. The number of benzene rings is 2. The van der Waals surface area contributed by atoms with E-state index in [1.54, 1.807) is 36.4 Å². The largest absolute Gasteiger partial charge is 0.490 e. The molecule has 29 heavy (non-hydrogen) atoms. The van der Waals surface area contributed by atoms with Crippen LogP contribution in [0.4, 0.5) is 4.79 Å². The van der Waals surface area contributed by atoms with Gasteiger partial charge >= 0.3 is 0 Å². The SMILES string of the molecule is C=CCOc1ccc(/C=C2/SC(=O)N(Cc3cc4c(cc3Cl)OCO4)C2=O)cc1. The van der Waals surface area contributed by atoms with Crippen LogP contribution in [0.2, 0.25) is 5.02 Å². The van der Waals surface area contributed by atoms with Gasteiger partial charge in [-0.3, -0.25) is 14.5 Å². The van der Waals surface area contributed by atoms with E-state index in [2.05, 4.69) is 6.58 Å². The van der Waals surface area contributed by atoms with E-state index in [1.807, 2.05) is 12.1 Å². The number of nitrogens with zero attached hydrogens (tertiary/aromatic N) is 1. The highest BCUT2D eigenvalue weighted by atomic mass is 35.5. The first-order valence-electron chi connectivity index (χ1n) is 8.72. The Labute approximate surface area is 176 Å². The average molecular weight is 430 g/mol. The number of hydrogen-bond donors (Lipinski definition) is 0. The van der Waals surface area contributed by atoms with Gasteiger partial charge in [-0.15, -0.1) is 0 Å². The van der Waals surface area contributed by atoms with E-state index in [1.165, 1.54) is 4.90 Å². The van der Waals surface area contributed by atoms with Crippen molar-refractivity contribution in [3.05, 3.63) is 70.1 Å². The molecule has 0 bridgehead atoms. The first-order valence-corrected chi connectivity index (χ1v) is 9.92. The summed E-state index contributed by atoms with van der Waals surface area (Å²) in [4.78, 5) is 26.7. The van der Waals surface area contributed by atoms with Crippen LogP contribution in [0.3, 0.4) is 0 Å². The number of rotatable bonds is 6. The summed E-state index contributed by atoms with van der Waals surface area (Å²) in [6.45, 7) is 4.20. The van der Waals surface area contributed by atoms with Crippen molar-refractivity contribution in [1.82, 2.24) is 4.90 Å². The Kier molecular flexibility index (Phi) is 5.51. The fourth-order valence-corrected chi connectivity index (χ4v) is 3.91. The monoisotopic (exact) mass is 429 g/mol. The van der Waals surface area contributed by atoms with E-state index in [0.717, 1.165) is 17.3 Å². The summed E-state index contributed by atoms with van der Waals surface area (Å²) >= 11 is 7.17. The van der Waals surface area contributed by atoms with Crippen LogP contribution in [0.1, 0.15) is 11.1 Å². The molecule has 2 aromatic carbocycles. The molecule has 0 spiro atoms. The van der Waals surface area contributed by atoms with Crippen LogP contribution in [0, 0.1) is 0 Å². The van der Waals surface area contributed by atoms with Gasteiger partial charge in [0.2, 0.25) is 6.79 Å². The summed E-state index contributed by atoms with van der Waals surface area (Å²) in [5.41, 5.74) is 1.41. The molecule has 4 rings (SSSR count). The molecule has 0 radical (unpaired) electrons. The third-order valence-corrected chi connectivity index (χ3v) is 5.55. The number of imide groups is 1. The van der Waals surface area contributed by atoms with Crippen LogP contribution in [0.15, 0.2) is 54.0 Å². The molecule has 0 aromatic heterocycles. The second-order valence-corrected chi connectivity index (χ2v) is 7.63. The standard InChI is InChI=1S/C21H16ClNO5S/c1-2-7-26-15-5-3-13(4-6-15)8-19-20(24)23(21(25)29-19)11-14-9-17-18(10-16(14)22)28-12-27-17/h2-6,8-10H,1,7,11-12H2/b19-8+. The lowest BCUT2D eigenvalue weighted by Crippen LogP contribution is -2.27. The minimum Gasteiger partial charge on any atom is -0.490 e. The van der Waals surface area contributed by atoms with Crippen molar-refractivity contribution in [3.63, 3.8) is 0 Å². The van der Waals surface area contributed by atoms with E-state index in [9.17, 15) is 9.59 Å². The van der Waals surface area contributed by atoms with E-state index in [4.69, 9.17) is 25.8 Å². The number of halogens is 1. The average Bonchev–Trinajstić information content (AvgIpc) is 3.26. The van der Waals surface area contributed by atoms with E-state index < -0.39 is 0 Å². The van der Waals surface area contributed by atoms with Gasteiger partial charge in [0.1, 0.15) is 12.4 Å². The molecule has 1 saturated heterocycles. The van der Waals surface area contributed by atoms with Gasteiger partial charge in [0.25, 0.3) is 11.1 Å². The van der Waals surface area contributed by atoms with Crippen molar-refractivity contribution in [2.45, 2.75) is 6.54 Å². The summed E-state index contributed by atoms with van der Waals surface area (Å²) in [6.07, 6.45) is 3.35. The normalized spacial score (nSPS) is 16.6. The van der Waals surface area contributed by atoms with E-state index in [-0.39, 0.29) is 24.5 Å². The molecule has 6 nitrogen and oxygen atoms in total. The molecule has 0 unspecified atom stereocenters. The van der Waals surface area contributed by atoms with Crippen LogP contribution >= 0.6 is 23.4 Å². The maximum Gasteiger partial charge on any atom is 0.293 e. The summed E-state index contributed by atoms with van der Waals surface area (Å²) < 4.78 is 16.1. The molecule has 2 aliphatic heterocycles. The van der Waals surface area contributed by atoms with Crippen molar-refractivity contribution in [2.24, 2.45) is 0 Å². The lowest BCUT2D eigenvalue weighted by molar-refractivity contribution is -0.123. The number of fused-ring (bicyclic) bond motifs is 1. The minimum absolute atomic E-state index is 0.0613. The lowest BCUT2D eigenvalue weighted by Gasteiger charge is -2.14. The topological polar surface area (TPSA) is 65.1 Å². The number of carbonyl (C=O) groups is 2. The molecule has 2 amide bonds. The van der Waals surface area contributed by atoms with Gasteiger partial charge in [-0.1, -0.05) is 36.4 Å². The van der Waals surface area contributed by atoms with Crippen molar-refractivity contribution in [2.75, 3.05) is 13.4 Å². The fourth-order valence-electron chi connectivity index (χ4n) is 2.85. The molecular formula is C21H16ClNO5S. The van der Waals surface area contributed by atoms with Crippen molar-refractivity contribution >= 4 is 40.6 Å². The summed E-state index contributed by atoms with van der Waals surface area (Å²) in [5.74, 6) is 1.44. The van der Waals surface area contributed by atoms with Crippen LogP contribution in [0.25, 0.3) is 6.08 Å². The molecular weight excluding hydrogens is 414 g/mol. The Hall–Kier alpha value is -2.90. The van der Waals surface area contributed by atoms with Crippen molar-refractivity contribution in [1.29, 1.82) is 0 Å². The Morgan fingerprint density at radius 3 is 2.62 bits per heavy atom. The van der Waals surface area contributed by atoms with Gasteiger partial charge in [0, 0.05) is 11.1 Å². The zero-order chi connectivity index (χ0) is 20.4. The zero-order valence-corrected chi connectivity index (χ0v) is 16.8. The zero-order valence-electron chi connectivity index (χ0n) is 15.2. The third-order valence-electron chi connectivity index (χ3n) is 4.29. The van der Waals surface area contributed by atoms with Gasteiger partial charge in [0.05, 0.1) is 11.4 Å². The summed E-state index contributed by atoms with van der Waals surface area (Å²) in [6, 6.07) is 10.6. The molecule has 2 aliphatic rings. The number of thioether (sulfide) groups is 1. The highest BCUT2D eigenvalue weighted by Crippen LogP contribution is 2.39. The highest BCUT2D eigenvalue weighted by molar-refractivity contribution is 8.18. The fraction of sp³-hybridized carbons (Fsp3) is 0.143. The van der Waals surface area contributed by atoms with Crippen molar-refractivity contribution in [3.8, 4) is 17.2 Å². The molecule has 0 N–H and O–H groups in total. The Bertz CT molecular complexity index is 1020. The second kappa shape index (κ2) is 8.23. The maximum atomic E-state index is 12.8. The number of amides is 2. The predicted octanol–water partition coefficient (Wildman–Crippen LogP) is 4.87. The smallest absolute Gasteiger partial charge is 0.293 e.